The van der Waals surface area contributed by atoms with Gasteiger partial charge in [-0.2, -0.15) is 0 Å². The molecule has 0 aromatic carbocycles. The lowest BCUT2D eigenvalue weighted by Gasteiger charge is -2.36. The second kappa shape index (κ2) is 5.39. The van der Waals surface area contributed by atoms with Crippen molar-refractivity contribution in [2.75, 3.05) is 19.7 Å². The first-order chi connectivity index (χ1) is 7.78. The molecule has 0 spiro atoms. The molecule has 1 aliphatic rings. The molecule has 2 N–H and O–H groups in total. The maximum Gasteiger partial charge on any atom is 0.0597 e. The number of aromatic nitrogens is 1. The monoisotopic (exact) mass is 221 g/mol. The molecule has 2 unspecified atom stereocenters. The number of piperazine rings is 1. The molecule has 2 heterocycles. The topological polar surface area (TPSA) is 48.4 Å². The number of aliphatic hydroxyl groups excluding tert-OH is 1. The predicted molar refractivity (Wildman–Crippen MR) is 63.0 cm³/mol. The minimum atomic E-state index is 0.200. The standard InChI is InChI=1S/C12H19N3O/c1-10-6-15(8-12(9-16)14-10)7-11-2-4-13-5-3-11/h2-5,10,12,14,16H,6-9H2,1H3. The zero-order valence-corrected chi connectivity index (χ0v) is 9.63. The van der Waals surface area contributed by atoms with Gasteiger partial charge in [0.05, 0.1) is 6.61 Å². The van der Waals surface area contributed by atoms with E-state index in [1.54, 1.807) is 0 Å². The van der Waals surface area contributed by atoms with Crippen LogP contribution in [0.25, 0.3) is 0 Å². The smallest absolute Gasteiger partial charge is 0.0597 e. The van der Waals surface area contributed by atoms with Gasteiger partial charge in [0.2, 0.25) is 0 Å². The minimum Gasteiger partial charge on any atom is -0.395 e. The fourth-order valence-corrected chi connectivity index (χ4v) is 2.27. The van der Waals surface area contributed by atoms with E-state index in [1.807, 2.05) is 24.5 Å². The number of nitrogens with one attached hydrogen (secondary N) is 1. The summed E-state index contributed by atoms with van der Waals surface area (Å²) < 4.78 is 0. The van der Waals surface area contributed by atoms with Gasteiger partial charge in [0.15, 0.2) is 0 Å². The lowest BCUT2D eigenvalue weighted by Crippen LogP contribution is -2.56. The molecule has 1 fully saturated rings. The molecule has 0 bridgehead atoms. The molecular weight excluding hydrogens is 202 g/mol. The predicted octanol–water partition coefficient (Wildman–Crippen LogP) is 0.236. The van der Waals surface area contributed by atoms with E-state index < -0.39 is 0 Å². The van der Waals surface area contributed by atoms with Crippen molar-refractivity contribution < 1.29 is 5.11 Å². The molecule has 88 valence electrons. The molecular formula is C12H19N3O. The van der Waals surface area contributed by atoms with Gasteiger partial charge >= 0.3 is 0 Å². The summed E-state index contributed by atoms with van der Waals surface area (Å²) in [5, 5.41) is 12.6. The van der Waals surface area contributed by atoms with Crippen LogP contribution in [0.5, 0.6) is 0 Å². The van der Waals surface area contributed by atoms with E-state index in [2.05, 4.69) is 22.1 Å². The van der Waals surface area contributed by atoms with Crippen molar-refractivity contribution in [1.29, 1.82) is 0 Å². The Balaban J connectivity index is 1.94. The van der Waals surface area contributed by atoms with Crippen LogP contribution in [0, 0.1) is 0 Å². The lowest BCUT2D eigenvalue weighted by molar-refractivity contribution is 0.119. The fraction of sp³-hybridized carbons (Fsp3) is 0.583. The van der Waals surface area contributed by atoms with Crippen LogP contribution in [0.15, 0.2) is 24.5 Å². The van der Waals surface area contributed by atoms with E-state index >= 15 is 0 Å². The molecule has 1 aliphatic heterocycles. The third-order valence-electron chi connectivity index (χ3n) is 2.91. The van der Waals surface area contributed by atoms with Gasteiger partial charge in [-0.05, 0) is 24.6 Å². The van der Waals surface area contributed by atoms with Gasteiger partial charge < -0.3 is 10.4 Å². The lowest BCUT2D eigenvalue weighted by atomic mass is 10.1. The normalized spacial score (nSPS) is 26.9. The summed E-state index contributed by atoms with van der Waals surface area (Å²) in [5.74, 6) is 0. The van der Waals surface area contributed by atoms with Gasteiger partial charge in [0, 0.05) is 44.1 Å². The number of pyridine rings is 1. The van der Waals surface area contributed by atoms with Crippen molar-refractivity contribution in [3.63, 3.8) is 0 Å². The maximum atomic E-state index is 9.19. The van der Waals surface area contributed by atoms with Crippen LogP contribution in [0.2, 0.25) is 0 Å². The maximum absolute atomic E-state index is 9.19. The quantitative estimate of drug-likeness (QED) is 0.767. The Morgan fingerprint density at radius 1 is 1.44 bits per heavy atom. The third kappa shape index (κ3) is 3.01. The largest absolute Gasteiger partial charge is 0.395 e. The van der Waals surface area contributed by atoms with Crippen molar-refractivity contribution >= 4 is 0 Å². The zero-order chi connectivity index (χ0) is 11.4. The first kappa shape index (κ1) is 11.5. The Bertz CT molecular complexity index is 317. The highest BCUT2D eigenvalue weighted by Crippen LogP contribution is 2.09. The third-order valence-corrected chi connectivity index (χ3v) is 2.91. The first-order valence-electron chi connectivity index (χ1n) is 5.76. The Kier molecular flexibility index (Phi) is 3.88. The summed E-state index contributed by atoms with van der Waals surface area (Å²) in [5.41, 5.74) is 1.28. The SMILES string of the molecule is CC1CN(Cc2ccncc2)CC(CO)N1. The Morgan fingerprint density at radius 2 is 2.19 bits per heavy atom. The molecule has 0 aliphatic carbocycles. The van der Waals surface area contributed by atoms with Crippen LogP contribution < -0.4 is 5.32 Å². The molecule has 4 heteroatoms. The number of hydrogen-bond acceptors (Lipinski definition) is 4. The number of hydrogen-bond donors (Lipinski definition) is 2. The summed E-state index contributed by atoms with van der Waals surface area (Å²) in [6.45, 7) is 5.23. The van der Waals surface area contributed by atoms with E-state index in [0.29, 0.717) is 6.04 Å². The van der Waals surface area contributed by atoms with E-state index in [0.717, 1.165) is 19.6 Å². The highest BCUT2D eigenvalue weighted by Gasteiger charge is 2.22. The van der Waals surface area contributed by atoms with E-state index in [4.69, 9.17) is 0 Å². The van der Waals surface area contributed by atoms with Crippen molar-refractivity contribution in [1.82, 2.24) is 15.2 Å². The van der Waals surface area contributed by atoms with Crippen LogP contribution in [0.1, 0.15) is 12.5 Å². The van der Waals surface area contributed by atoms with Crippen molar-refractivity contribution in [3.8, 4) is 0 Å². The molecule has 2 rings (SSSR count). The van der Waals surface area contributed by atoms with E-state index in [-0.39, 0.29) is 12.6 Å². The van der Waals surface area contributed by atoms with Crippen molar-refractivity contribution in [2.24, 2.45) is 0 Å². The fourth-order valence-electron chi connectivity index (χ4n) is 2.27. The van der Waals surface area contributed by atoms with E-state index in [1.165, 1.54) is 5.56 Å². The molecule has 1 aromatic rings. The summed E-state index contributed by atoms with van der Waals surface area (Å²) in [6, 6.07) is 4.72. The second-order valence-electron chi connectivity index (χ2n) is 4.50. The van der Waals surface area contributed by atoms with Crippen LogP contribution >= 0.6 is 0 Å². The Hall–Kier alpha value is -0.970. The van der Waals surface area contributed by atoms with Gasteiger partial charge in [0.1, 0.15) is 0 Å². The van der Waals surface area contributed by atoms with E-state index in [9.17, 15) is 5.11 Å². The number of rotatable bonds is 3. The molecule has 16 heavy (non-hydrogen) atoms. The molecule has 2 atom stereocenters. The van der Waals surface area contributed by atoms with Gasteiger partial charge in [0.25, 0.3) is 0 Å². The van der Waals surface area contributed by atoms with Gasteiger partial charge in [-0.3, -0.25) is 9.88 Å². The van der Waals surface area contributed by atoms with Crippen molar-refractivity contribution in [3.05, 3.63) is 30.1 Å². The van der Waals surface area contributed by atoms with Crippen LogP contribution in [-0.4, -0.2) is 46.8 Å². The number of nitrogens with zero attached hydrogens (tertiary/aromatic N) is 2. The summed E-state index contributed by atoms with van der Waals surface area (Å²) >= 11 is 0. The van der Waals surface area contributed by atoms with Crippen LogP contribution in [-0.2, 0) is 6.54 Å². The second-order valence-corrected chi connectivity index (χ2v) is 4.50. The molecule has 4 nitrogen and oxygen atoms in total. The summed E-state index contributed by atoms with van der Waals surface area (Å²) in [4.78, 5) is 6.39. The zero-order valence-electron chi connectivity index (χ0n) is 9.63. The highest BCUT2D eigenvalue weighted by molar-refractivity contribution is 5.09. The van der Waals surface area contributed by atoms with Crippen molar-refractivity contribution in [2.45, 2.75) is 25.6 Å². The van der Waals surface area contributed by atoms with Gasteiger partial charge in [-0.25, -0.2) is 0 Å². The first-order valence-corrected chi connectivity index (χ1v) is 5.76. The molecule has 1 aromatic heterocycles. The average molecular weight is 221 g/mol. The summed E-state index contributed by atoms with van der Waals surface area (Å²) in [6.07, 6.45) is 3.65. The van der Waals surface area contributed by atoms with Gasteiger partial charge in [-0.15, -0.1) is 0 Å². The number of aliphatic hydroxyl groups is 1. The van der Waals surface area contributed by atoms with Crippen LogP contribution in [0.3, 0.4) is 0 Å². The Labute approximate surface area is 96.3 Å². The molecule has 0 radical (unpaired) electrons. The van der Waals surface area contributed by atoms with Gasteiger partial charge in [-0.1, -0.05) is 0 Å². The minimum absolute atomic E-state index is 0.200. The molecule has 0 amide bonds. The van der Waals surface area contributed by atoms with Crippen LogP contribution in [0.4, 0.5) is 0 Å². The molecule has 0 saturated carbocycles. The Morgan fingerprint density at radius 3 is 2.88 bits per heavy atom. The summed E-state index contributed by atoms with van der Waals surface area (Å²) in [7, 11) is 0. The highest BCUT2D eigenvalue weighted by atomic mass is 16.3. The average Bonchev–Trinajstić information content (AvgIpc) is 2.29. The molecule has 1 saturated heterocycles.